The van der Waals surface area contributed by atoms with E-state index in [1.165, 1.54) is 18.2 Å². The molecule has 0 aromatic heterocycles. The van der Waals surface area contributed by atoms with Crippen molar-refractivity contribution in [2.75, 3.05) is 12.4 Å². The van der Waals surface area contributed by atoms with E-state index < -0.39 is 5.91 Å². The lowest BCUT2D eigenvalue weighted by Crippen LogP contribution is -2.34. The number of hydrogen-bond donors (Lipinski definition) is 3. The Balaban J connectivity index is 2.00. The molecule has 2 rings (SSSR count). The Morgan fingerprint density at radius 3 is 2.04 bits per heavy atom. The second-order valence-corrected chi connectivity index (χ2v) is 6.00. The molecule has 2 aromatic carbocycles. The third-order valence-corrected chi connectivity index (χ3v) is 3.62. The van der Waals surface area contributed by atoms with Crippen LogP contribution in [0.1, 0.15) is 20.7 Å². The quantitative estimate of drug-likeness (QED) is 0.711. The van der Waals surface area contributed by atoms with Crippen molar-refractivity contribution in [1.29, 1.82) is 0 Å². The molecule has 0 aliphatic rings. The summed E-state index contributed by atoms with van der Waals surface area (Å²) in [5.74, 6) is -0.617. The number of anilines is 1. The number of carbonyl (C=O) groups excluding carboxylic acids is 2. The number of nitrogens with one attached hydrogen (secondary N) is 3. The summed E-state index contributed by atoms with van der Waals surface area (Å²) in [5, 5.41) is 8.75. The van der Waals surface area contributed by atoms with E-state index >= 15 is 0 Å². The molecule has 0 radical (unpaired) electrons. The van der Waals surface area contributed by atoms with Crippen LogP contribution in [0.15, 0.2) is 42.5 Å². The molecule has 0 saturated carbocycles. The minimum atomic E-state index is -0.432. The van der Waals surface area contributed by atoms with Gasteiger partial charge in [0.2, 0.25) is 0 Å². The monoisotopic (exact) mass is 381 g/mol. The van der Waals surface area contributed by atoms with Crippen molar-refractivity contribution in [3.05, 3.63) is 63.6 Å². The number of amides is 2. The molecule has 8 heteroatoms. The smallest absolute Gasteiger partial charge is 0.257 e. The predicted octanol–water partition coefficient (Wildman–Crippen LogP) is 3.48. The molecule has 0 unspecified atom stereocenters. The fourth-order valence-corrected chi connectivity index (χ4v) is 2.61. The summed E-state index contributed by atoms with van der Waals surface area (Å²) < 4.78 is 0. The lowest BCUT2D eigenvalue weighted by molar-refractivity contribution is 0.0959. The minimum absolute atomic E-state index is 0.115. The molecule has 0 aliphatic carbocycles. The van der Waals surface area contributed by atoms with Gasteiger partial charge < -0.3 is 10.6 Å². The van der Waals surface area contributed by atoms with Gasteiger partial charge in [0.05, 0.1) is 0 Å². The van der Waals surface area contributed by atoms with Crippen molar-refractivity contribution in [1.82, 2.24) is 10.6 Å². The van der Waals surface area contributed by atoms with Crippen LogP contribution in [0.2, 0.25) is 10.0 Å². The van der Waals surface area contributed by atoms with E-state index in [0.29, 0.717) is 26.9 Å². The summed E-state index contributed by atoms with van der Waals surface area (Å²) in [4.78, 5) is 23.6. The Labute approximate surface area is 154 Å². The van der Waals surface area contributed by atoms with Crippen LogP contribution >= 0.6 is 35.4 Å². The van der Waals surface area contributed by atoms with Gasteiger partial charge in [-0.25, -0.2) is 0 Å². The minimum Gasteiger partial charge on any atom is -0.355 e. The van der Waals surface area contributed by atoms with Gasteiger partial charge in [0.15, 0.2) is 5.11 Å². The Hall–Kier alpha value is -2.15. The van der Waals surface area contributed by atoms with E-state index in [1.54, 1.807) is 31.3 Å². The van der Waals surface area contributed by atoms with Crippen LogP contribution in [0, 0.1) is 0 Å². The normalized spacial score (nSPS) is 9.96. The highest BCUT2D eigenvalue weighted by Gasteiger charge is 2.10. The molecule has 0 fully saturated rings. The molecule has 0 atom stereocenters. The summed E-state index contributed by atoms with van der Waals surface area (Å²) in [6.07, 6.45) is 0. The molecule has 2 aromatic rings. The Morgan fingerprint density at radius 2 is 1.50 bits per heavy atom. The van der Waals surface area contributed by atoms with Crippen molar-refractivity contribution in [2.45, 2.75) is 0 Å². The summed E-state index contributed by atoms with van der Waals surface area (Å²) >= 11 is 16.8. The second kappa shape index (κ2) is 8.10. The molecule has 0 saturated heterocycles. The van der Waals surface area contributed by atoms with Gasteiger partial charge in [-0.15, -0.1) is 0 Å². The van der Waals surface area contributed by atoms with Crippen molar-refractivity contribution in [2.24, 2.45) is 0 Å². The van der Waals surface area contributed by atoms with E-state index in [0.717, 1.165) is 0 Å². The van der Waals surface area contributed by atoms with E-state index in [2.05, 4.69) is 16.0 Å². The third-order valence-electron chi connectivity index (χ3n) is 2.98. The number of halogens is 2. The SMILES string of the molecule is CNC(=O)c1ccc(NC(=S)NC(=O)c2cc(Cl)cc(Cl)c2)cc1. The summed E-state index contributed by atoms with van der Waals surface area (Å²) in [5.41, 5.74) is 1.45. The zero-order chi connectivity index (χ0) is 17.7. The molecular formula is C16H13Cl2N3O2S. The number of rotatable bonds is 3. The molecule has 2 amide bonds. The zero-order valence-electron chi connectivity index (χ0n) is 12.5. The summed E-state index contributed by atoms with van der Waals surface area (Å²) in [6.45, 7) is 0. The van der Waals surface area contributed by atoms with Crippen molar-refractivity contribution in [3.63, 3.8) is 0 Å². The highest BCUT2D eigenvalue weighted by atomic mass is 35.5. The van der Waals surface area contributed by atoms with Gasteiger partial charge in [-0.3, -0.25) is 14.9 Å². The molecule has 5 nitrogen and oxygen atoms in total. The highest BCUT2D eigenvalue weighted by Crippen LogP contribution is 2.19. The first-order chi connectivity index (χ1) is 11.4. The van der Waals surface area contributed by atoms with E-state index in [9.17, 15) is 9.59 Å². The van der Waals surface area contributed by atoms with Gasteiger partial charge in [0, 0.05) is 33.9 Å². The van der Waals surface area contributed by atoms with Gasteiger partial charge >= 0.3 is 0 Å². The maximum atomic E-state index is 12.1. The molecule has 0 aliphatic heterocycles. The van der Waals surface area contributed by atoms with Crippen LogP contribution in [0.3, 0.4) is 0 Å². The molecule has 3 N–H and O–H groups in total. The molecular weight excluding hydrogens is 369 g/mol. The maximum Gasteiger partial charge on any atom is 0.257 e. The first kappa shape index (κ1) is 18.2. The van der Waals surface area contributed by atoms with Gasteiger partial charge in [0.25, 0.3) is 11.8 Å². The van der Waals surface area contributed by atoms with Crippen LogP contribution in [0.4, 0.5) is 5.69 Å². The average molecular weight is 382 g/mol. The Bertz CT molecular complexity index is 774. The standard InChI is InChI=1S/C16H13Cl2N3O2S/c1-19-14(22)9-2-4-13(5-3-9)20-16(24)21-15(23)10-6-11(17)8-12(18)7-10/h2-8H,1H3,(H,19,22)(H2,20,21,23,24). The maximum absolute atomic E-state index is 12.1. The van der Waals surface area contributed by atoms with Gasteiger partial charge in [-0.05, 0) is 54.7 Å². The van der Waals surface area contributed by atoms with E-state index in [1.807, 2.05) is 0 Å². The summed E-state index contributed by atoms with van der Waals surface area (Å²) in [6, 6.07) is 11.2. The zero-order valence-corrected chi connectivity index (χ0v) is 14.9. The van der Waals surface area contributed by atoms with Crippen molar-refractivity contribution < 1.29 is 9.59 Å². The van der Waals surface area contributed by atoms with Gasteiger partial charge in [-0.2, -0.15) is 0 Å². The fourth-order valence-electron chi connectivity index (χ4n) is 1.87. The first-order valence-electron chi connectivity index (χ1n) is 6.79. The first-order valence-corrected chi connectivity index (χ1v) is 7.96. The Kier molecular flexibility index (Phi) is 6.14. The molecule has 0 heterocycles. The molecule has 24 heavy (non-hydrogen) atoms. The highest BCUT2D eigenvalue weighted by molar-refractivity contribution is 7.80. The fraction of sp³-hybridized carbons (Fsp3) is 0.0625. The number of carbonyl (C=O) groups is 2. The van der Waals surface area contributed by atoms with E-state index in [4.69, 9.17) is 35.4 Å². The average Bonchev–Trinajstić information content (AvgIpc) is 2.53. The van der Waals surface area contributed by atoms with Crippen LogP contribution in [-0.4, -0.2) is 24.0 Å². The van der Waals surface area contributed by atoms with E-state index in [-0.39, 0.29) is 11.0 Å². The number of thiocarbonyl (C=S) groups is 1. The van der Waals surface area contributed by atoms with Crippen LogP contribution in [0.5, 0.6) is 0 Å². The second-order valence-electron chi connectivity index (χ2n) is 4.72. The molecule has 0 bridgehead atoms. The lowest BCUT2D eigenvalue weighted by Gasteiger charge is -2.10. The van der Waals surface area contributed by atoms with Gasteiger partial charge in [-0.1, -0.05) is 23.2 Å². The number of hydrogen-bond acceptors (Lipinski definition) is 3. The summed E-state index contributed by atoms with van der Waals surface area (Å²) in [7, 11) is 1.56. The largest absolute Gasteiger partial charge is 0.355 e. The topological polar surface area (TPSA) is 70.2 Å². The van der Waals surface area contributed by atoms with Gasteiger partial charge in [0.1, 0.15) is 0 Å². The van der Waals surface area contributed by atoms with Crippen LogP contribution in [-0.2, 0) is 0 Å². The molecule has 124 valence electrons. The number of benzene rings is 2. The molecule has 0 spiro atoms. The third kappa shape index (κ3) is 4.92. The Morgan fingerprint density at radius 1 is 0.917 bits per heavy atom. The van der Waals surface area contributed by atoms with Crippen LogP contribution < -0.4 is 16.0 Å². The predicted molar refractivity (Wildman–Crippen MR) is 100.0 cm³/mol. The lowest BCUT2D eigenvalue weighted by atomic mass is 10.2. The van der Waals surface area contributed by atoms with Crippen LogP contribution in [0.25, 0.3) is 0 Å². The van der Waals surface area contributed by atoms with Crippen molar-refractivity contribution in [3.8, 4) is 0 Å². The van der Waals surface area contributed by atoms with Crippen molar-refractivity contribution >= 4 is 58.0 Å².